The van der Waals surface area contributed by atoms with Gasteiger partial charge in [-0.15, -0.1) is 12.3 Å². The summed E-state index contributed by atoms with van der Waals surface area (Å²) in [4.78, 5) is 3.87. The highest BCUT2D eigenvalue weighted by molar-refractivity contribution is 5.49. The van der Waals surface area contributed by atoms with Gasteiger partial charge in [0.25, 0.3) is 0 Å². The zero-order chi connectivity index (χ0) is 8.81. The van der Waals surface area contributed by atoms with Gasteiger partial charge in [-0.2, -0.15) is 0 Å². The number of rotatable bonds is 3. The minimum absolute atomic E-state index is 0.515. The van der Waals surface area contributed by atoms with Crippen molar-refractivity contribution in [1.82, 2.24) is 4.98 Å². The van der Waals surface area contributed by atoms with Crippen LogP contribution >= 0.6 is 0 Å². The largest absolute Gasteiger partial charge is 0.384 e. The van der Waals surface area contributed by atoms with Crippen molar-refractivity contribution < 1.29 is 0 Å². The fourth-order valence-electron chi connectivity index (χ4n) is 0.837. The van der Waals surface area contributed by atoms with Crippen LogP contribution < -0.4 is 11.1 Å². The van der Waals surface area contributed by atoms with E-state index in [1.54, 1.807) is 12.3 Å². The summed E-state index contributed by atoms with van der Waals surface area (Å²) in [6.07, 6.45) is 7.47. The minimum atomic E-state index is 0.515. The van der Waals surface area contributed by atoms with Crippen LogP contribution in [0.4, 0.5) is 11.5 Å². The second-order valence-corrected chi connectivity index (χ2v) is 2.35. The average molecular weight is 161 g/mol. The molecule has 1 heterocycles. The monoisotopic (exact) mass is 161 g/mol. The standard InChI is InChI=1S/C9H11N3/c1-2-3-5-11-8-4-6-12-9(10)7-8/h1,4,6-7H,3,5H2,(H3,10,11,12). The highest BCUT2D eigenvalue weighted by Crippen LogP contribution is 2.08. The van der Waals surface area contributed by atoms with E-state index in [1.807, 2.05) is 6.07 Å². The second kappa shape index (κ2) is 4.24. The molecule has 0 fully saturated rings. The molecule has 12 heavy (non-hydrogen) atoms. The molecule has 3 N–H and O–H groups in total. The molecule has 0 saturated heterocycles. The normalized spacial score (nSPS) is 8.92. The lowest BCUT2D eigenvalue weighted by molar-refractivity contribution is 1.10. The highest BCUT2D eigenvalue weighted by Gasteiger charge is 1.90. The lowest BCUT2D eigenvalue weighted by Gasteiger charge is -2.03. The van der Waals surface area contributed by atoms with Gasteiger partial charge in [-0.3, -0.25) is 0 Å². The number of aromatic nitrogens is 1. The molecule has 1 aromatic heterocycles. The molecule has 3 heteroatoms. The van der Waals surface area contributed by atoms with Crippen LogP contribution in [0.15, 0.2) is 18.3 Å². The Hall–Kier alpha value is -1.69. The molecular weight excluding hydrogens is 150 g/mol. The second-order valence-electron chi connectivity index (χ2n) is 2.35. The van der Waals surface area contributed by atoms with Gasteiger partial charge in [0.2, 0.25) is 0 Å². The van der Waals surface area contributed by atoms with E-state index in [1.165, 1.54) is 0 Å². The van der Waals surface area contributed by atoms with E-state index in [9.17, 15) is 0 Å². The molecule has 3 nitrogen and oxygen atoms in total. The quantitative estimate of drug-likeness (QED) is 0.515. The summed E-state index contributed by atoms with van der Waals surface area (Å²) in [5.41, 5.74) is 6.43. The van der Waals surface area contributed by atoms with Crippen LogP contribution in [0.5, 0.6) is 0 Å². The molecule has 0 aliphatic heterocycles. The summed E-state index contributed by atoms with van der Waals surface area (Å²) in [5, 5.41) is 3.12. The molecule has 1 aromatic rings. The number of nitrogen functional groups attached to an aromatic ring is 1. The lowest BCUT2D eigenvalue weighted by atomic mass is 10.3. The van der Waals surface area contributed by atoms with Crippen molar-refractivity contribution in [2.24, 2.45) is 0 Å². The van der Waals surface area contributed by atoms with Gasteiger partial charge < -0.3 is 11.1 Å². The molecule has 0 aromatic carbocycles. The summed E-state index contributed by atoms with van der Waals surface area (Å²) in [7, 11) is 0. The molecule has 62 valence electrons. The maximum absolute atomic E-state index is 5.47. The Bertz CT molecular complexity index is 288. The first-order valence-electron chi connectivity index (χ1n) is 3.72. The van der Waals surface area contributed by atoms with E-state index in [0.717, 1.165) is 12.2 Å². The summed E-state index contributed by atoms with van der Waals surface area (Å²) in [6, 6.07) is 3.63. The third-order valence-corrected chi connectivity index (χ3v) is 1.38. The first-order chi connectivity index (χ1) is 5.83. The van der Waals surface area contributed by atoms with Crippen LogP contribution in [-0.4, -0.2) is 11.5 Å². The SMILES string of the molecule is C#CCCNc1ccnc(N)c1. The van der Waals surface area contributed by atoms with Gasteiger partial charge in [-0.1, -0.05) is 0 Å². The number of nitrogens with two attached hydrogens (primary N) is 1. The number of hydrogen-bond donors (Lipinski definition) is 2. The maximum Gasteiger partial charge on any atom is 0.125 e. The van der Waals surface area contributed by atoms with E-state index >= 15 is 0 Å². The van der Waals surface area contributed by atoms with Gasteiger partial charge >= 0.3 is 0 Å². The van der Waals surface area contributed by atoms with Crippen molar-refractivity contribution in [2.45, 2.75) is 6.42 Å². The molecule has 0 saturated carbocycles. The van der Waals surface area contributed by atoms with Crippen molar-refractivity contribution in [1.29, 1.82) is 0 Å². The Kier molecular flexibility index (Phi) is 2.97. The van der Waals surface area contributed by atoms with Gasteiger partial charge in [0.1, 0.15) is 5.82 Å². The molecule has 0 amide bonds. The summed E-state index contributed by atoms with van der Waals surface area (Å²) in [6.45, 7) is 0.764. The maximum atomic E-state index is 5.47. The number of nitrogens with zero attached hydrogens (tertiary/aromatic N) is 1. The number of anilines is 2. The van der Waals surface area contributed by atoms with Gasteiger partial charge in [-0.25, -0.2) is 4.98 Å². The van der Waals surface area contributed by atoms with Crippen LogP contribution in [-0.2, 0) is 0 Å². The first-order valence-corrected chi connectivity index (χ1v) is 3.72. The third kappa shape index (κ3) is 2.51. The minimum Gasteiger partial charge on any atom is -0.384 e. The topological polar surface area (TPSA) is 50.9 Å². The Labute approximate surface area is 72.0 Å². The third-order valence-electron chi connectivity index (χ3n) is 1.38. The average Bonchev–Trinajstić information content (AvgIpc) is 2.05. The van der Waals surface area contributed by atoms with Crippen molar-refractivity contribution in [3.63, 3.8) is 0 Å². The van der Waals surface area contributed by atoms with Crippen LogP contribution in [0.3, 0.4) is 0 Å². The zero-order valence-electron chi connectivity index (χ0n) is 6.75. The first kappa shape index (κ1) is 8.41. The van der Waals surface area contributed by atoms with Gasteiger partial charge in [0.05, 0.1) is 0 Å². The Morgan fingerprint density at radius 1 is 1.67 bits per heavy atom. The molecule has 0 unspecified atom stereocenters. The van der Waals surface area contributed by atoms with E-state index in [2.05, 4.69) is 16.2 Å². The van der Waals surface area contributed by atoms with Gasteiger partial charge in [0, 0.05) is 30.9 Å². The van der Waals surface area contributed by atoms with Crippen molar-refractivity contribution >= 4 is 11.5 Å². The predicted octanol–water partition coefficient (Wildman–Crippen LogP) is 1.10. The smallest absolute Gasteiger partial charge is 0.125 e. The Morgan fingerprint density at radius 2 is 2.50 bits per heavy atom. The van der Waals surface area contributed by atoms with Crippen molar-refractivity contribution in [3.05, 3.63) is 18.3 Å². The fourth-order valence-corrected chi connectivity index (χ4v) is 0.837. The number of nitrogens with one attached hydrogen (secondary N) is 1. The summed E-state index contributed by atoms with van der Waals surface area (Å²) >= 11 is 0. The molecule has 1 rings (SSSR count). The molecule has 0 atom stereocenters. The zero-order valence-corrected chi connectivity index (χ0v) is 6.75. The molecule has 0 spiro atoms. The Morgan fingerprint density at radius 3 is 3.17 bits per heavy atom. The summed E-state index contributed by atoms with van der Waals surface area (Å²) in [5.74, 6) is 3.06. The molecule has 0 radical (unpaired) electrons. The van der Waals surface area contributed by atoms with Gasteiger partial charge in [0.15, 0.2) is 0 Å². The van der Waals surface area contributed by atoms with Crippen LogP contribution in [0.25, 0.3) is 0 Å². The van der Waals surface area contributed by atoms with Crippen LogP contribution in [0, 0.1) is 12.3 Å². The molecule has 0 aliphatic carbocycles. The van der Waals surface area contributed by atoms with Crippen molar-refractivity contribution in [3.8, 4) is 12.3 Å². The number of hydrogen-bond acceptors (Lipinski definition) is 3. The van der Waals surface area contributed by atoms with E-state index in [-0.39, 0.29) is 0 Å². The molecular formula is C9H11N3. The number of terminal acetylenes is 1. The van der Waals surface area contributed by atoms with Crippen LogP contribution in [0.1, 0.15) is 6.42 Å². The van der Waals surface area contributed by atoms with E-state index < -0.39 is 0 Å². The molecule has 0 aliphatic rings. The predicted molar refractivity (Wildman–Crippen MR) is 50.6 cm³/mol. The number of pyridine rings is 1. The van der Waals surface area contributed by atoms with Crippen molar-refractivity contribution in [2.75, 3.05) is 17.6 Å². The van der Waals surface area contributed by atoms with Crippen LogP contribution in [0.2, 0.25) is 0 Å². The lowest BCUT2D eigenvalue weighted by Crippen LogP contribution is -2.01. The highest BCUT2D eigenvalue weighted by atomic mass is 14.9. The van der Waals surface area contributed by atoms with E-state index in [0.29, 0.717) is 12.2 Å². The fraction of sp³-hybridized carbons (Fsp3) is 0.222. The summed E-state index contributed by atoms with van der Waals surface area (Å²) < 4.78 is 0. The Balaban J connectivity index is 2.48. The van der Waals surface area contributed by atoms with Gasteiger partial charge in [-0.05, 0) is 6.07 Å². The van der Waals surface area contributed by atoms with E-state index in [4.69, 9.17) is 12.2 Å². The molecule has 0 bridgehead atoms.